The number of anilines is 1. The molecule has 1 aliphatic heterocycles. The minimum Gasteiger partial charge on any atom is -0.355 e. The van der Waals surface area contributed by atoms with Crippen molar-refractivity contribution in [2.75, 3.05) is 18.5 Å². The third kappa shape index (κ3) is 3.10. The van der Waals surface area contributed by atoms with Gasteiger partial charge in [-0.05, 0) is 41.0 Å². The van der Waals surface area contributed by atoms with E-state index < -0.39 is 0 Å². The van der Waals surface area contributed by atoms with E-state index in [0.717, 1.165) is 23.5 Å². The van der Waals surface area contributed by atoms with Crippen LogP contribution in [0.15, 0.2) is 0 Å². The maximum Gasteiger partial charge on any atom is 0.270 e. The van der Waals surface area contributed by atoms with E-state index in [2.05, 4.69) is 50.7 Å². The topological polar surface area (TPSA) is 75.9 Å². The first kappa shape index (κ1) is 17.4. The van der Waals surface area contributed by atoms with Gasteiger partial charge < -0.3 is 10.2 Å². The van der Waals surface area contributed by atoms with Gasteiger partial charge in [-0.2, -0.15) is 5.10 Å². The van der Waals surface area contributed by atoms with Crippen LogP contribution in [0.1, 0.15) is 58.7 Å². The smallest absolute Gasteiger partial charge is 0.270 e. The number of rotatable bonds is 4. The van der Waals surface area contributed by atoms with Crippen molar-refractivity contribution in [3.05, 3.63) is 34.0 Å². The number of hydrogen-bond acceptors (Lipinski definition) is 5. The Kier molecular flexibility index (Phi) is 4.49. The van der Waals surface area contributed by atoms with E-state index in [1.165, 1.54) is 11.3 Å². The number of nitrogens with one attached hydrogen (secondary N) is 1. The molecular weight excluding hydrogens is 316 g/mol. The Labute approximate surface area is 148 Å². The Hall–Kier alpha value is -2.44. The van der Waals surface area contributed by atoms with Crippen molar-refractivity contribution in [3.8, 4) is 0 Å². The second-order valence-corrected chi connectivity index (χ2v) is 6.97. The van der Waals surface area contributed by atoms with E-state index >= 15 is 0 Å². The van der Waals surface area contributed by atoms with Gasteiger partial charge in [-0.1, -0.05) is 0 Å². The lowest BCUT2D eigenvalue weighted by Gasteiger charge is -2.25. The summed E-state index contributed by atoms with van der Waals surface area (Å²) in [4.78, 5) is 23.2. The highest BCUT2D eigenvalue weighted by Crippen LogP contribution is 2.26. The van der Waals surface area contributed by atoms with E-state index in [9.17, 15) is 4.79 Å². The first-order valence-electron chi connectivity index (χ1n) is 8.71. The van der Waals surface area contributed by atoms with Crippen LogP contribution in [0.4, 0.5) is 5.82 Å². The molecule has 7 heteroatoms. The van der Waals surface area contributed by atoms with Crippen LogP contribution >= 0.6 is 0 Å². The molecule has 3 heterocycles. The summed E-state index contributed by atoms with van der Waals surface area (Å²) in [5.41, 5.74) is 4.86. The van der Waals surface area contributed by atoms with Crippen LogP contribution in [0.5, 0.6) is 0 Å². The maximum absolute atomic E-state index is 12.1. The van der Waals surface area contributed by atoms with E-state index in [4.69, 9.17) is 0 Å². The highest BCUT2D eigenvalue weighted by molar-refractivity contribution is 5.96. The number of aryl methyl sites for hydroxylation is 2. The third-order valence-electron chi connectivity index (χ3n) is 4.69. The average molecular weight is 342 g/mol. The largest absolute Gasteiger partial charge is 0.355 e. The van der Waals surface area contributed by atoms with Crippen LogP contribution in [0.3, 0.4) is 0 Å². The van der Waals surface area contributed by atoms with Crippen LogP contribution in [-0.4, -0.2) is 39.2 Å². The molecule has 0 unspecified atom stereocenters. The Balaban J connectivity index is 1.98. The molecule has 1 aliphatic rings. The molecule has 7 nitrogen and oxygen atoms in total. The minimum absolute atomic E-state index is 0.110. The van der Waals surface area contributed by atoms with Crippen molar-refractivity contribution < 1.29 is 4.79 Å². The predicted molar refractivity (Wildman–Crippen MR) is 97.0 cm³/mol. The van der Waals surface area contributed by atoms with Crippen LogP contribution in [-0.2, 0) is 13.0 Å². The standard InChI is InChI=1S/C18H26N6O/c1-10(2)24-12(4)15(11(3)22-24)9-23(6)17-14-7-8-19-18(25)16(14)20-13(5)21-17/h10H,7-9H2,1-6H3,(H,19,25). The van der Waals surface area contributed by atoms with E-state index in [0.29, 0.717) is 30.6 Å². The van der Waals surface area contributed by atoms with Gasteiger partial charge in [-0.25, -0.2) is 9.97 Å². The Morgan fingerprint density at radius 2 is 1.96 bits per heavy atom. The molecule has 3 rings (SSSR count). The molecule has 1 N–H and O–H groups in total. The summed E-state index contributed by atoms with van der Waals surface area (Å²) in [5, 5.41) is 7.52. The molecule has 0 spiro atoms. The lowest BCUT2D eigenvalue weighted by atomic mass is 10.1. The van der Waals surface area contributed by atoms with Gasteiger partial charge in [-0.15, -0.1) is 0 Å². The molecule has 0 saturated heterocycles. The SMILES string of the molecule is Cc1nc2c(c(N(C)Cc3c(C)nn(C(C)C)c3C)n1)CCNC2=O. The molecule has 0 radical (unpaired) electrons. The lowest BCUT2D eigenvalue weighted by molar-refractivity contribution is 0.0940. The van der Waals surface area contributed by atoms with E-state index in [-0.39, 0.29) is 5.91 Å². The zero-order valence-corrected chi connectivity index (χ0v) is 15.8. The number of aromatic nitrogens is 4. The highest BCUT2D eigenvalue weighted by Gasteiger charge is 2.25. The van der Waals surface area contributed by atoms with Gasteiger partial charge in [0.05, 0.1) is 5.69 Å². The molecule has 0 fully saturated rings. The van der Waals surface area contributed by atoms with Crippen molar-refractivity contribution in [1.82, 2.24) is 25.1 Å². The Morgan fingerprint density at radius 1 is 1.24 bits per heavy atom. The summed E-state index contributed by atoms with van der Waals surface area (Å²) in [5.74, 6) is 1.35. The van der Waals surface area contributed by atoms with Crippen LogP contribution in [0.2, 0.25) is 0 Å². The van der Waals surface area contributed by atoms with Gasteiger partial charge in [0, 0.05) is 43.0 Å². The number of carbonyl (C=O) groups excluding carboxylic acids is 1. The van der Waals surface area contributed by atoms with Gasteiger partial charge in [-0.3, -0.25) is 9.48 Å². The molecule has 0 atom stereocenters. The van der Waals surface area contributed by atoms with Crippen molar-refractivity contribution in [2.45, 2.75) is 53.6 Å². The molecular formula is C18H26N6O. The monoisotopic (exact) mass is 342 g/mol. The van der Waals surface area contributed by atoms with Crippen LogP contribution < -0.4 is 10.2 Å². The van der Waals surface area contributed by atoms with Crippen molar-refractivity contribution >= 4 is 11.7 Å². The molecule has 1 amide bonds. The fraction of sp³-hybridized carbons (Fsp3) is 0.556. The van der Waals surface area contributed by atoms with Gasteiger partial charge in [0.25, 0.3) is 5.91 Å². The molecule has 0 aliphatic carbocycles. The molecule has 25 heavy (non-hydrogen) atoms. The lowest BCUT2D eigenvalue weighted by Crippen LogP contribution is -2.35. The molecule has 2 aromatic rings. The molecule has 0 saturated carbocycles. The zero-order valence-electron chi connectivity index (χ0n) is 15.8. The van der Waals surface area contributed by atoms with Crippen molar-refractivity contribution in [2.24, 2.45) is 0 Å². The van der Waals surface area contributed by atoms with Gasteiger partial charge in [0.1, 0.15) is 17.3 Å². The Bertz CT molecular complexity index is 823. The van der Waals surface area contributed by atoms with Crippen LogP contribution in [0.25, 0.3) is 0 Å². The van der Waals surface area contributed by atoms with Crippen molar-refractivity contribution in [3.63, 3.8) is 0 Å². The van der Waals surface area contributed by atoms with Gasteiger partial charge in [0.15, 0.2) is 0 Å². The Morgan fingerprint density at radius 3 is 2.60 bits per heavy atom. The van der Waals surface area contributed by atoms with Gasteiger partial charge >= 0.3 is 0 Å². The average Bonchev–Trinajstić information content (AvgIpc) is 2.83. The number of fused-ring (bicyclic) bond motifs is 1. The third-order valence-corrected chi connectivity index (χ3v) is 4.69. The van der Waals surface area contributed by atoms with Crippen molar-refractivity contribution in [1.29, 1.82) is 0 Å². The fourth-order valence-electron chi connectivity index (χ4n) is 3.44. The maximum atomic E-state index is 12.1. The van der Waals surface area contributed by atoms with E-state index in [1.807, 2.05) is 20.9 Å². The van der Waals surface area contributed by atoms with E-state index in [1.54, 1.807) is 0 Å². The second kappa shape index (κ2) is 6.46. The normalized spacial score (nSPS) is 13.8. The molecule has 134 valence electrons. The number of hydrogen-bond donors (Lipinski definition) is 1. The molecule has 0 aromatic carbocycles. The summed E-state index contributed by atoms with van der Waals surface area (Å²) in [6.45, 7) is 11.6. The van der Waals surface area contributed by atoms with Gasteiger partial charge in [0.2, 0.25) is 0 Å². The molecule has 2 aromatic heterocycles. The summed E-state index contributed by atoms with van der Waals surface area (Å²) >= 11 is 0. The zero-order chi connectivity index (χ0) is 18.3. The number of amides is 1. The fourth-order valence-corrected chi connectivity index (χ4v) is 3.44. The highest BCUT2D eigenvalue weighted by atomic mass is 16.1. The number of carbonyl (C=O) groups is 1. The second-order valence-electron chi connectivity index (χ2n) is 6.97. The summed E-state index contributed by atoms with van der Waals surface area (Å²) < 4.78 is 2.06. The summed E-state index contributed by atoms with van der Waals surface area (Å²) in [6.07, 6.45) is 0.754. The quantitative estimate of drug-likeness (QED) is 0.921. The minimum atomic E-state index is -0.110. The summed E-state index contributed by atoms with van der Waals surface area (Å²) in [7, 11) is 2.01. The van der Waals surface area contributed by atoms with Crippen LogP contribution in [0, 0.1) is 20.8 Å². The first-order chi connectivity index (χ1) is 11.8. The molecule has 0 bridgehead atoms. The predicted octanol–water partition coefficient (Wildman–Crippen LogP) is 2.10. The summed E-state index contributed by atoms with van der Waals surface area (Å²) in [6, 6.07) is 0.329. The number of nitrogens with zero attached hydrogens (tertiary/aromatic N) is 5. The first-order valence-corrected chi connectivity index (χ1v) is 8.71.